The van der Waals surface area contributed by atoms with Gasteiger partial charge in [-0.2, -0.15) is 0 Å². The molecular weight excluding hydrogens is 329 g/mol. The normalized spacial score (nSPS) is 11.4. The number of hydrogen-bond acceptors (Lipinski definition) is 2. The number of halogens is 1. The maximum atomic E-state index is 14.1. The van der Waals surface area contributed by atoms with Crippen molar-refractivity contribution >= 4 is 17.4 Å². The van der Waals surface area contributed by atoms with Crippen molar-refractivity contribution in [1.29, 1.82) is 0 Å². The molecule has 3 aromatic rings. The summed E-state index contributed by atoms with van der Waals surface area (Å²) in [6, 6.07) is 16.9. The Hall–Kier alpha value is -3.27. The van der Waals surface area contributed by atoms with E-state index in [0.717, 1.165) is 0 Å². The third-order valence-electron chi connectivity index (χ3n) is 4.13. The molecule has 0 spiro atoms. The monoisotopic (exact) mass is 347 g/mol. The predicted molar refractivity (Wildman–Crippen MR) is 102 cm³/mol. The topological polar surface area (TPSA) is 49.9 Å². The Morgan fingerprint density at radius 1 is 1.00 bits per heavy atom. The van der Waals surface area contributed by atoms with E-state index < -0.39 is 17.2 Å². The molecule has 1 aromatic heterocycles. The van der Waals surface area contributed by atoms with Gasteiger partial charge in [0.2, 0.25) is 0 Å². The number of aromatic amines is 1. The molecule has 0 atom stereocenters. The summed E-state index contributed by atoms with van der Waals surface area (Å²) in [6.07, 6.45) is 1.49. The molecule has 0 fully saturated rings. The van der Waals surface area contributed by atoms with Gasteiger partial charge in [0.1, 0.15) is 5.82 Å². The number of pyridine rings is 1. The highest BCUT2D eigenvalue weighted by molar-refractivity contribution is 6.32. The first kappa shape index (κ1) is 17.5. The second-order valence-corrected chi connectivity index (χ2v) is 6.11. The average molecular weight is 347 g/mol. The minimum absolute atomic E-state index is 0.0713. The van der Waals surface area contributed by atoms with E-state index in [9.17, 15) is 14.0 Å². The molecule has 0 bridgehead atoms. The van der Waals surface area contributed by atoms with Crippen molar-refractivity contribution in [2.24, 2.45) is 0 Å². The Morgan fingerprint density at radius 2 is 1.65 bits per heavy atom. The standard InChI is InChI=1S/C22H18FNO2/c1-14-12-15(2)24-22(26)20(14)21(25)18(16-8-4-3-5-9-16)13-17-10-6-7-11-19(17)23/h3-13H,1-2H3,(H,24,26). The molecule has 1 N–H and O–H groups in total. The van der Waals surface area contributed by atoms with Gasteiger partial charge in [-0.05, 0) is 43.2 Å². The van der Waals surface area contributed by atoms with Crippen molar-refractivity contribution in [2.75, 3.05) is 0 Å². The Bertz CT molecular complexity index is 1050. The van der Waals surface area contributed by atoms with E-state index in [1.807, 2.05) is 6.07 Å². The minimum Gasteiger partial charge on any atom is -0.326 e. The average Bonchev–Trinajstić information content (AvgIpc) is 2.60. The van der Waals surface area contributed by atoms with Gasteiger partial charge in [-0.1, -0.05) is 48.5 Å². The van der Waals surface area contributed by atoms with Crippen LogP contribution in [0.4, 0.5) is 4.39 Å². The minimum atomic E-state index is -0.442. The fraction of sp³-hybridized carbons (Fsp3) is 0.0909. The van der Waals surface area contributed by atoms with Crippen molar-refractivity contribution in [2.45, 2.75) is 13.8 Å². The van der Waals surface area contributed by atoms with E-state index in [-0.39, 0.29) is 11.1 Å². The van der Waals surface area contributed by atoms with Gasteiger partial charge in [0.25, 0.3) is 5.56 Å². The molecule has 0 aliphatic heterocycles. The third-order valence-corrected chi connectivity index (χ3v) is 4.13. The van der Waals surface area contributed by atoms with Gasteiger partial charge < -0.3 is 4.98 Å². The van der Waals surface area contributed by atoms with Crippen LogP contribution in [0.3, 0.4) is 0 Å². The van der Waals surface area contributed by atoms with Crippen LogP contribution in [-0.4, -0.2) is 10.8 Å². The van der Waals surface area contributed by atoms with E-state index in [0.29, 0.717) is 22.4 Å². The largest absolute Gasteiger partial charge is 0.326 e. The molecule has 1 heterocycles. The molecule has 0 saturated carbocycles. The van der Waals surface area contributed by atoms with E-state index in [1.54, 1.807) is 62.4 Å². The highest BCUT2D eigenvalue weighted by Crippen LogP contribution is 2.24. The van der Waals surface area contributed by atoms with Crippen molar-refractivity contribution in [3.05, 3.63) is 105 Å². The molecule has 0 saturated heterocycles. The number of rotatable bonds is 4. The van der Waals surface area contributed by atoms with Crippen LogP contribution in [0.25, 0.3) is 11.6 Å². The van der Waals surface area contributed by atoms with Gasteiger partial charge in [0.05, 0.1) is 5.56 Å². The number of Topliss-reactive ketones (excluding diaryl/α,β-unsaturated/α-hetero) is 1. The second kappa shape index (κ2) is 7.31. The number of carbonyl (C=O) groups is 1. The van der Waals surface area contributed by atoms with Gasteiger partial charge in [0.15, 0.2) is 5.78 Å². The maximum Gasteiger partial charge on any atom is 0.259 e. The molecule has 3 nitrogen and oxygen atoms in total. The van der Waals surface area contributed by atoms with Gasteiger partial charge >= 0.3 is 0 Å². The third kappa shape index (κ3) is 3.54. The Labute approximate surface area is 150 Å². The van der Waals surface area contributed by atoms with Crippen molar-refractivity contribution in [3.63, 3.8) is 0 Å². The summed E-state index contributed by atoms with van der Waals surface area (Å²) >= 11 is 0. The van der Waals surface area contributed by atoms with Crippen LogP contribution in [-0.2, 0) is 0 Å². The van der Waals surface area contributed by atoms with Crippen LogP contribution in [0, 0.1) is 19.7 Å². The smallest absolute Gasteiger partial charge is 0.259 e. The summed E-state index contributed by atoms with van der Waals surface area (Å²) < 4.78 is 14.1. The Kier molecular flexibility index (Phi) is 4.94. The fourth-order valence-corrected chi connectivity index (χ4v) is 2.92. The van der Waals surface area contributed by atoms with Crippen molar-refractivity contribution in [1.82, 2.24) is 4.98 Å². The summed E-state index contributed by atoms with van der Waals surface area (Å²) in [5.41, 5.74) is 2.09. The highest BCUT2D eigenvalue weighted by atomic mass is 19.1. The first-order valence-electron chi connectivity index (χ1n) is 8.24. The lowest BCUT2D eigenvalue weighted by Gasteiger charge is -2.10. The number of aryl methyl sites for hydroxylation is 2. The number of ketones is 1. The molecule has 3 rings (SSSR count). The zero-order valence-electron chi connectivity index (χ0n) is 14.5. The van der Waals surface area contributed by atoms with Crippen LogP contribution in [0.15, 0.2) is 65.5 Å². The van der Waals surface area contributed by atoms with Crippen molar-refractivity contribution in [3.8, 4) is 0 Å². The van der Waals surface area contributed by atoms with Crippen LogP contribution in [0.5, 0.6) is 0 Å². The second-order valence-electron chi connectivity index (χ2n) is 6.11. The number of aromatic nitrogens is 1. The Morgan fingerprint density at radius 3 is 2.31 bits per heavy atom. The molecular formula is C22H18FNO2. The zero-order valence-corrected chi connectivity index (χ0v) is 14.5. The fourth-order valence-electron chi connectivity index (χ4n) is 2.92. The number of H-pyrrole nitrogens is 1. The number of carbonyl (C=O) groups excluding carboxylic acids is 1. The van der Waals surface area contributed by atoms with Gasteiger partial charge in [-0.25, -0.2) is 4.39 Å². The van der Waals surface area contributed by atoms with Crippen LogP contribution < -0.4 is 5.56 Å². The first-order valence-corrected chi connectivity index (χ1v) is 8.24. The predicted octanol–water partition coefficient (Wildman–Crippen LogP) is 4.55. The Balaban J connectivity index is 2.21. The molecule has 0 aliphatic rings. The molecule has 130 valence electrons. The number of benzene rings is 2. The van der Waals surface area contributed by atoms with E-state index >= 15 is 0 Å². The molecule has 0 aliphatic carbocycles. The van der Waals surface area contributed by atoms with Gasteiger partial charge in [-0.3, -0.25) is 9.59 Å². The molecule has 26 heavy (non-hydrogen) atoms. The molecule has 4 heteroatoms. The van der Waals surface area contributed by atoms with Crippen molar-refractivity contribution < 1.29 is 9.18 Å². The van der Waals surface area contributed by atoms with Gasteiger partial charge in [0, 0.05) is 16.8 Å². The molecule has 0 radical (unpaired) electrons. The lowest BCUT2D eigenvalue weighted by atomic mass is 9.93. The molecule has 0 unspecified atom stereocenters. The number of allylic oxidation sites excluding steroid dienone is 1. The van der Waals surface area contributed by atoms with E-state index in [4.69, 9.17) is 0 Å². The number of nitrogens with one attached hydrogen (secondary N) is 1. The molecule has 2 aromatic carbocycles. The quantitative estimate of drug-likeness (QED) is 0.427. The summed E-state index contributed by atoms with van der Waals surface area (Å²) in [5, 5.41) is 0. The van der Waals surface area contributed by atoms with E-state index in [2.05, 4.69) is 4.98 Å². The molecule has 0 amide bonds. The first-order chi connectivity index (χ1) is 12.5. The summed E-state index contributed by atoms with van der Waals surface area (Å²) in [7, 11) is 0. The highest BCUT2D eigenvalue weighted by Gasteiger charge is 2.20. The van der Waals surface area contributed by atoms with Crippen LogP contribution in [0.1, 0.15) is 32.7 Å². The summed E-state index contributed by atoms with van der Waals surface area (Å²) in [4.78, 5) is 28.2. The zero-order chi connectivity index (χ0) is 18.7. The van der Waals surface area contributed by atoms with Gasteiger partial charge in [-0.15, -0.1) is 0 Å². The summed E-state index contributed by atoms with van der Waals surface area (Å²) in [5.74, 6) is -0.860. The van der Waals surface area contributed by atoms with E-state index in [1.165, 1.54) is 12.1 Å². The van der Waals surface area contributed by atoms with Crippen LogP contribution >= 0.6 is 0 Å². The lowest BCUT2D eigenvalue weighted by molar-refractivity contribution is 0.105. The number of hydrogen-bond donors (Lipinski definition) is 1. The summed E-state index contributed by atoms with van der Waals surface area (Å²) in [6.45, 7) is 3.48. The SMILES string of the molecule is Cc1cc(C)c(C(=O)C(=Cc2ccccc2F)c2ccccc2)c(=O)[nH]1. The van der Waals surface area contributed by atoms with Crippen LogP contribution in [0.2, 0.25) is 0 Å². The lowest BCUT2D eigenvalue weighted by Crippen LogP contribution is -2.21. The maximum absolute atomic E-state index is 14.1.